The van der Waals surface area contributed by atoms with E-state index in [1.807, 2.05) is 13.8 Å². The quantitative estimate of drug-likeness (QED) is 0.698. The standard InChI is InChI=1S/C5H12N2.C3H4O4.Pt/c1-5(2,3-6)4-7;4-2(5)1-3(6)7;/h6-7H,3-4H2,1-2H3;1H2,(H,4,5)(H,6,7);/q-2;;+2. The predicted octanol–water partition coefficient (Wildman–Crippen LogP) is 1.66. The SMILES string of the molecule is CC(C)(C[NH-])C[NH-].O=C(O)CC(=O)O.[Pt+2]. The minimum atomic E-state index is -1.31. The van der Waals surface area contributed by atoms with E-state index in [1.165, 1.54) is 0 Å². The maximum absolute atomic E-state index is 9.43. The molecule has 4 N–H and O–H groups in total. The van der Waals surface area contributed by atoms with E-state index < -0.39 is 18.4 Å². The van der Waals surface area contributed by atoms with Crippen molar-refractivity contribution in [2.45, 2.75) is 20.3 Å². The van der Waals surface area contributed by atoms with Gasteiger partial charge in [0.15, 0.2) is 0 Å². The summed E-state index contributed by atoms with van der Waals surface area (Å²) in [7, 11) is 0. The molecule has 0 aromatic heterocycles. The van der Waals surface area contributed by atoms with Crippen molar-refractivity contribution in [3.05, 3.63) is 11.5 Å². The fourth-order valence-corrected chi connectivity index (χ4v) is 0.192. The summed E-state index contributed by atoms with van der Waals surface area (Å²) in [6.07, 6.45) is -0.806. The number of carboxylic acid groups (broad SMARTS) is 2. The molecule has 92 valence electrons. The predicted molar refractivity (Wildman–Crippen MR) is 52.0 cm³/mol. The number of nitrogens with one attached hydrogen (secondary N) is 2. The summed E-state index contributed by atoms with van der Waals surface area (Å²) < 4.78 is 0. The summed E-state index contributed by atoms with van der Waals surface area (Å²) >= 11 is 0. The van der Waals surface area contributed by atoms with Gasteiger partial charge in [-0.05, 0) is 0 Å². The first-order chi connectivity index (χ1) is 6.25. The molecule has 0 aliphatic heterocycles. The molecule has 0 amide bonds. The number of aliphatic carboxylic acids is 2. The van der Waals surface area contributed by atoms with Crippen molar-refractivity contribution < 1.29 is 40.9 Å². The van der Waals surface area contributed by atoms with Crippen LogP contribution in [0.4, 0.5) is 0 Å². The van der Waals surface area contributed by atoms with Gasteiger partial charge < -0.3 is 21.7 Å². The van der Waals surface area contributed by atoms with Crippen LogP contribution in [0.15, 0.2) is 0 Å². The molecule has 0 spiro atoms. The Morgan fingerprint density at radius 3 is 1.33 bits per heavy atom. The van der Waals surface area contributed by atoms with Crippen molar-refractivity contribution in [2.24, 2.45) is 5.41 Å². The van der Waals surface area contributed by atoms with Crippen LogP contribution in [0.25, 0.3) is 11.5 Å². The van der Waals surface area contributed by atoms with Crippen LogP contribution >= 0.6 is 0 Å². The Labute approximate surface area is 103 Å². The van der Waals surface area contributed by atoms with Crippen molar-refractivity contribution in [1.82, 2.24) is 0 Å². The first-order valence-electron chi connectivity index (χ1n) is 3.98. The molecule has 0 bridgehead atoms. The Morgan fingerprint density at radius 2 is 1.33 bits per heavy atom. The van der Waals surface area contributed by atoms with Crippen LogP contribution < -0.4 is 0 Å². The molecular formula is C8H16N2O4Pt. The van der Waals surface area contributed by atoms with E-state index in [4.69, 9.17) is 21.7 Å². The number of carbonyl (C=O) groups is 2. The zero-order valence-corrected chi connectivity index (χ0v) is 10.9. The van der Waals surface area contributed by atoms with Gasteiger partial charge in [-0.15, -0.1) is 13.1 Å². The molecule has 0 saturated heterocycles. The van der Waals surface area contributed by atoms with Gasteiger partial charge in [0.2, 0.25) is 0 Å². The van der Waals surface area contributed by atoms with E-state index in [0.29, 0.717) is 13.1 Å². The summed E-state index contributed by atoms with van der Waals surface area (Å²) in [5.74, 6) is -2.62. The molecule has 7 heteroatoms. The smallest absolute Gasteiger partial charge is 0.677 e. The van der Waals surface area contributed by atoms with E-state index in [-0.39, 0.29) is 26.5 Å². The molecule has 0 heterocycles. The van der Waals surface area contributed by atoms with Crippen LogP contribution in [0.1, 0.15) is 20.3 Å². The van der Waals surface area contributed by atoms with Crippen molar-refractivity contribution in [1.29, 1.82) is 0 Å². The van der Waals surface area contributed by atoms with Crippen LogP contribution in [0.2, 0.25) is 0 Å². The Balaban J connectivity index is -0.000000180. The van der Waals surface area contributed by atoms with Crippen molar-refractivity contribution in [3.63, 3.8) is 0 Å². The van der Waals surface area contributed by atoms with E-state index in [0.717, 1.165) is 0 Å². The Hall–Kier alpha value is -0.452. The third-order valence-electron chi connectivity index (χ3n) is 1.26. The van der Waals surface area contributed by atoms with Crippen LogP contribution in [0, 0.1) is 5.41 Å². The third kappa shape index (κ3) is 19.8. The zero-order valence-electron chi connectivity index (χ0n) is 8.65. The maximum atomic E-state index is 9.43. The Kier molecular flexibility index (Phi) is 13.5. The Bertz CT molecular complexity index is 179. The molecule has 0 atom stereocenters. The van der Waals surface area contributed by atoms with Gasteiger partial charge in [0.25, 0.3) is 0 Å². The summed E-state index contributed by atoms with van der Waals surface area (Å²) in [6.45, 7) is 4.56. The first-order valence-corrected chi connectivity index (χ1v) is 3.98. The molecule has 0 rings (SSSR count). The van der Waals surface area contributed by atoms with Gasteiger partial charge in [0.05, 0.1) is 0 Å². The van der Waals surface area contributed by atoms with Crippen LogP contribution in [-0.4, -0.2) is 35.2 Å². The topological polar surface area (TPSA) is 122 Å². The van der Waals surface area contributed by atoms with E-state index in [2.05, 4.69) is 0 Å². The number of hydrogen-bond acceptors (Lipinski definition) is 2. The second-order valence-corrected chi connectivity index (χ2v) is 3.48. The summed E-state index contributed by atoms with van der Waals surface area (Å²) in [4.78, 5) is 18.9. The summed E-state index contributed by atoms with van der Waals surface area (Å²) in [5, 5.41) is 15.4. The molecule has 0 aromatic rings. The molecule has 0 unspecified atom stereocenters. The van der Waals surface area contributed by atoms with Gasteiger partial charge >= 0.3 is 33.0 Å². The maximum Gasteiger partial charge on any atom is 2.00 e. The molecule has 6 nitrogen and oxygen atoms in total. The monoisotopic (exact) mass is 399 g/mol. The van der Waals surface area contributed by atoms with Crippen molar-refractivity contribution >= 4 is 11.9 Å². The zero-order chi connectivity index (χ0) is 11.8. The third-order valence-corrected chi connectivity index (χ3v) is 1.26. The second kappa shape index (κ2) is 10.1. The molecular weight excluding hydrogens is 383 g/mol. The number of hydrogen-bond donors (Lipinski definition) is 2. The number of rotatable bonds is 4. The van der Waals surface area contributed by atoms with Crippen molar-refractivity contribution in [2.75, 3.05) is 13.1 Å². The molecule has 0 aliphatic carbocycles. The molecule has 0 fully saturated rings. The summed E-state index contributed by atoms with van der Waals surface area (Å²) in [5.41, 5.74) is 13.7. The van der Waals surface area contributed by atoms with Gasteiger partial charge in [-0.25, -0.2) is 0 Å². The summed E-state index contributed by atoms with van der Waals surface area (Å²) in [6, 6.07) is 0. The molecule has 0 saturated carbocycles. The van der Waals surface area contributed by atoms with Crippen LogP contribution in [0.5, 0.6) is 0 Å². The Morgan fingerprint density at radius 1 is 1.07 bits per heavy atom. The molecule has 0 aromatic carbocycles. The van der Waals surface area contributed by atoms with Gasteiger partial charge in [-0.1, -0.05) is 19.3 Å². The number of carboxylic acids is 2. The van der Waals surface area contributed by atoms with Crippen LogP contribution in [-0.2, 0) is 30.7 Å². The fourth-order valence-electron chi connectivity index (χ4n) is 0.192. The minimum absolute atomic E-state index is 0. The van der Waals surface area contributed by atoms with Gasteiger partial charge in [-0.3, -0.25) is 9.59 Å². The van der Waals surface area contributed by atoms with Gasteiger partial charge in [0, 0.05) is 0 Å². The van der Waals surface area contributed by atoms with Gasteiger partial charge in [0.1, 0.15) is 6.42 Å². The van der Waals surface area contributed by atoms with E-state index in [1.54, 1.807) is 0 Å². The van der Waals surface area contributed by atoms with Crippen LogP contribution in [0.3, 0.4) is 0 Å². The fraction of sp³-hybridized carbons (Fsp3) is 0.750. The molecule has 0 aliphatic rings. The minimum Gasteiger partial charge on any atom is -0.677 e. The average Bonchev–Trinajstić information content (AvgIpc) is 2.03. The van der Waals surface area contributed by atoms with Gasteiger partial charge in [-0.2, -0.15) is 0 Å². The van der Waals surface area contributed by atoms with E-state index in [9.17, 15) is 9.59 Å². The first kappa shape index (κ1) is 20.0. The largest absolute Gasteiger partial charge is 2.00 e. The average molecular weight is 399 g/mol. The van der Waals surface area contributed by atoms with E-state index >= 15 is 0 Å². The normalized spacial score (nSPS) is 9.33. The van der Waals surface area contributed by atoms with Crippen molar-refractivity contribution in [3.8, 4) is 0 Å². The molecule has 0 radical (unpaired) electrons. The second-order valence-electron chi connectivity index (χ2n) is 3.48. The molecule has 15 heavy (non-hydrogen) atoms.